The molecule has 0 atom stereocenters. The van der Waals surface area contributed by atoms with Crippen LogP contribution in [0.2, 0.25) is 0 Å². The van der Waals surface area contributed by atoms with Crippen molar-refractivity contribution in [3.63, 3.8) is 0 Å². The fourth-order valence-electron chi connectivity index (χ4n) is 1.69. The fraction of sp³-hybridized carbons (Fsp3) is 0.714. The normalized spacial score (nSPS) is 11.1. The number of rotatable bonds is 8. The van der Waals surface area contributed by atoms with Crippen molar-refractivity contribution < 1.29 is 0 Å². The smallest absolute Gasteiger partial charge is 0.191 e. The quantitative estimate of drug-likeness (QED) is 0.299. The molecule has 0 aromatic carbocycles. The largest absolute Gasteiger partial charge is 0.357 e. The first-order valence-electron chi connectivity index (χ1n) is 7.19. The van der Waals surface area contributed by atoms with E-state index in [2.05, 4.69) is 46.8 Å². The lowest BCUT2D eigenvalue weighted by molar-refractivity contribution is 0.692. The van der Waals surface area contributed by atoms with Crippen LogP contribution < -0.4 is 10.6 Å². The monoisotopic (exact) mass is 410 g/mol. The Morgan fingerprint density at radius 3 is 2.70 bits per heavy atom. The van der Waals surface area contributed by atoms with Gasteiger partial charge in [-0.1, -0.05) is 6.92 Å². The first-order chi connectivity index (χ1) is 9.26. The second-order valence-electron chi connectivity index (χ2n) is 4.53. The lowest BCUT2D eigenvalue weighted by Crippen LogP contribution is -2.37. The minimum Gasteiger partial charge on any atom is -0.357 e. The molecule has 0 unspecified atom stereocenters. The molecule has 1 aromatic heterocycles. The van der Waals surface area contributed by atoms with Gasteiger partial charge in [-0.15, -0.1) is 35.3 Å². The van der Waals surface area contributed by atoms with Gasteiger partial charge in [-0.05, 0) is 39.5 Å². The average molecular weight is 410 g/mol. The van der Waals surface area contributed by atoms with E-state index in [-0.39, 0.29) is 24.0 Å². The standard InChI is InChI=1S/C14H26N4S.HI/c1-4-9-16-14(15-5-2)17-10-7-6-8-13-18-12(3)11-19-13;/h11H,4-10H2,1-3H3,(H2,15,16,17);1H. The summed E-state index contributed by atoms with van der Waals surface area (Å²) >= 11 is 1.77. The molecule has 0 radical (unpaired) electrons. The Morgan fingerprint density at radius 1 is 1.30 bits per heavy atom. The molecule has 0 amide bonds. The fourth-order valence-corrected chi connectivity index (χ4v) is 2.51. The van der Waals surface area contributed by atoms with Crippen LogP contribution in [0.1, 0.15) is 43.8 Å². The highest BCUT2D eigenvalue weighted by molar-refractivity contribution is 14.0. The Morgan fingerprint density at radius 2 is 2.10 bits per heavy atom. The second-order valence-corrected chi connectivity index (χ2v) is 5.47. The van der Waals surface area contributed by atoms with Crippen molar-refractivity contribution in [3.8, 4) is 0 Å². The highest BCUT2D eigenvalue weighted by Gasteiger charge is 1.99. The number of hydrogen-bond acceptors (Lipinski definition) is 3. The van der Waals surface area contributed by atoms with E-state index in [9.17, 15) is 0 Å². The Bertz CT molecular complexity index is 379. The van der Waals surface area contributed by atoms with Crippen LogP contribution in [-0.2, 0) is 6.42 Å². The van der Waals surface area contributed by atoms with Gasteiger partial charge in [0, 0.05) is 30.7 Å². The third-order valence-corrected chi connectivity index (χ3v) is 3.64. The van der Waals surface area contributed by atoms with Gasteiger partial charge >= 0.3 is 0 Å². The van der Waals surface area contributed by atoms with Crippen LogP contribution in [-0.4, -0.2) is 30.6 Å². The summed E-state index contributed by atoms with van der Waals surface area (Å²) in [5.41, 5.74) is 1.14. The lowest BCUT2D eigenvalue weighted by Gasteiger charge is -2.10. The third kappa shape index (κ3) is 8.73. The summed E-state index contributed by atoms with van der Waals surface area (Å²) in [6, 6.07) is 0. The van der Waals surface area contributed by atoms with E-state index in [1.54, 1.807) is 11.3 Å². The van der Waals surface area contributed by atoms with Crippen LogP contribution in [0.4, 0.5) is 0 Å². The van der Waals surface area contributed by atoms with E-state index in [1.807, 2.05) is 0 Å². The predicted octanol–water partition coefficient (Wildman–Crippen LogP) is 3.36. The molecule has 1 heterocycles. The molecule has 0 saturated carbocycles. The lowest BCUT2D eigenvalue weighted by atomic mass is 10.2. The molecule has 1 aromatic rings. The number of nitrogens with one attached hydrogen (secondary N) is 2. The van der Waals surface area contributed by atoms with E-state index in [4.69, 9.17) is 0 Å². The molecule has 0 aliphatic rings. The molecule has 0 fully saturated rings. The number of aryl methyl sites for hydroxylation is 2. The maximum atomic E-state index is 4.48. The molecule has 116 valence electrons. The first-order valence-corrected chi connectivity index (χ1v) is 8.07. The van der Waals surface area contributed by atoms with Gasteiger partial charge in [0.2, 0.25) is 0 Å². The van der Waals surface area contributed by atoms with Crippen molar-refractivity contribution in [3.05, 3.63) is 16.1 Å². The number of halogens is 1. The molecule has 0 spiro atoms. The van der Waals surface area contributed by atoms with Crippen LogP contribution >= 0.6 is 35.3 Å². The number of unbranched alkanes of at least 4 members (excludes halogenated alkanes) is 1. The summed E-state index contributed by atoms with van der Waals surface area (Å²) in [5, 5.41) is 10.00. The van der Waals surface area contributed by atoms with E-state index in [0.29, 0.717) is 0 Å². The summed E-state index contributed by atoms with van der Waals surface area (Å²) < 4.78 is 0. The summed E-state index contributed by atoms with van der Waals surface area (Å²) in [7, 11) is 0. The van der Waals surface area contributed by atoms with Gasteiger partial charge < -0.3 is 10.6 Å². The Labute approximate surface area is 143 Å². The number of guanidine groups is 1. The van der Waals surface area contributed by atoms with Crippen LogP contribution in [0.5, 0.6) is 0 Å². The minimum atomic E-state index is 0. The van der Waals surface area contributed by atoms with Crippen LogP contribution in [0, 0.1) is 6.92 Å². The van der Waals surface area contributed by atoms with Crippen LogP contribution in [0.15, 0.2) is 10.4 Å². The summed E-state index contributed by atoms with van der Waals surface area (Å²) in [6.07, 6.45) is 4.49. The molecule has 0 saturated heterocycles. The van der Waals surface area contributed by atoms with Crippen molar-refractivity contribution in [2.24, 2.45) is 4.99 Å². The zero-order chi connectivity index (χ0) is 13.9. The van der Waals surface area contributed by atoms with Crippen molar-refractivity contribution in [2.75, 3.05) is 19.6 Å². The Balaban J connectivity index is 0.00000361. The molecule has 0 aliphatic heterocycles. The predicted molar refractivity (Wildman–Crippen MR) is 99.5 cm³/mol. The maximum absolute atomic E-state index is 4.48. The average Bonchev–Trinajstić information content (AvgIpc) is 2.81. The van der Waals surface area contributed by atoms with E-state index < -0.39 is 0 Å². The van der Waals surface area contributed by atoms with Gasteiger partial charge in [-0.3, -0.25) is 4.99 Å². The molecule has 1 rings (SSSR count). The van der Waals surface area contributed by atoms with Crippen molar-refractivity contribution in [1.82, 2.24) is 15.6 Å². The summed E-state index contributed by atoms with van der Waals surface area (Å²) in [6.45, 7) is 9.05. The molecule has 2 N–H and O–H groups in total. The first kappa shape index (κ1) is 19.6. The summed E-state index contributed by atoms with van der Waals surface area (Å²) in [4.78, 5) is 8.95. The van der Waals surface area contributed by atoms with Crippen molar-refractivity contribution in [2.45, 2.75) is 46.5 Å². The van der Waals surface area contributed by atoms with Gasteiger partial charge in [0.1, 0.15) is 0 Å². The van der Waals surface area contributed by atoms with Gasteiger partial charge in [0.15, 0.2) is 5.96 Å². The van der Waals surface area contributed by atoms with Crippen LogP contribution in [0.3, 0.4) is 0 Å². The van der Waals surface area contributed by atoms with E-state index in [1.165, 1.54) is 11.4 Å². The SMILES string of the molecule is CCCN=C(NCC)NCCCCc1nc(C)cs1.I. The Hall–Kier alpha value is -0.370. The zero-order valence-electron chi connectivity index (χ0n) is 12.7. The molecule has 0 aliphatic carbocycles. The van der Waals surface area contributed by atoms with Crippen molar-refractivity contribution >= 4 is 41.3 Å². The number of aromatic nitrogens is 1. The van der Waals surface area contributed by atoms with Crippen molar-refractivity contribution in [1.29, 1.82) is 0 Å². The highest BCUT2D eigenvalue weighted by Crippen LogP contribution is 2.11. The summed E-state index contributed by atoms with van der Waals surface area (Å²) in [5.74, 6) is 0.939. The third-order valence-electron chi connectivity index (χ3n) is 2.61. The van der Waals surface area contributed by atoms with Gasteiger partial charge in [0.05, 0.1) is 5.01 Å². The molecule has 20 heavy (non-hydrogen) atoms. The minimum absolute atomic E-state index is 0. The number of nitrogens with zero attached hydrogens (tertiary/aromatic N) is 2. The molecule has 6 heteroatoms. The molecular weight excluding hydrogens is 383 g/mol. The van der Waals surface area contributed by atoms with E-state index in [0.717, 1.165) is 50.6 Å². The number of hydrogen-bond donors (Lipinski definition) is 2. The molecular formula is C14H27IN4S. The zero-order valence-corrected chi connectivity index (χ0v) is 15.9. The Kier molecular flexibility index (Phi) is 12.1. The number of aliphatic imine (C=N–C) groups is 1. The molecule has 4 nitrogen and oxygen atoms in total. The van der Waals surface area contributed by atoms with Crippen LogP contribution in [0.25, 0.3) is 0 Å². The highest BCUT2D eigenvalue weighted by atomic mass is 127. The maximum Gasteiger partial charge on any atom is 0.191 e. The van der Waals surface area contributed by atoms with Gasteiger partial charge in [0.25, 0.3) is 0 Å². The van der Waals surface area contributed by atoms with Gasteiger partial charge in [-0.25, -0.2) is 4.98 Å². The van der Waals surface area contributed by atoms with Gasteiger partial charge in [-0.2, -0.15) is 0 Å². The number of thiazole rings is 1. The van der Waals surface area contributed by atoms with E-state index >= 15 is 0 Å². The second kappa shape index (κ2) is 12.4. The topological polar surface area (TPSA) is 49.3 Å². The molecule has 0 bridgehead atoms.